The van der Waals surface area contributed by atoms with Crippen molar-refractivity contribution in [2.75, 3.05) is 19.8 Å². The Morgan fingerprint density at radius 3 is 1.57 bits per heavy atom. The lowest BCUT2D eigenvalue weighted by Crippen LogP contribution is -2.03. The highest BCUT2D eigenvalue weighted by Gasteiger charge is 2.19. The van der Waals surface area contributed by atoms with Gasteiger partial charge in [0.1, 0.15) is 28.9 Å². The molecule has 11 heteroatoms. The highest BCUT2D eigenvalue weighted by Crippen LogP contribution is 2.34. The van der Waals surface area contributed by atoms with Crippen LogP contribution in [0.3, 0.4) is 0 Å². The van der Waals surface area contributed by atoms with Gasteiger partial charge in [-0.3, -0.25) is 4.79 Å². The van der Waals surface area contributed by atoms with Gasteiger partial charge in [0, 0.05) is 47.2 Å². The first-order valence-corrected chi connectivity index (χ1v) is 14.8. The average Bonchev–Trinajstić information content (AvgIpc) is 3.03. The number of benzene rings is 4. The van der Waals surface area contributed by atoms with Crippen LogP contribution in [-0.2, 0) is 4.79 Å². The van der Waals surface area contributed by atoms with Crippen LogP contribution in [0, 0.1) is 34.9 Å². The third-order valence-corrected chi connectivity index (χ3v) is 7.11. The molecular formula is C35H32F6O5. The summed E-state index contributed by atoms with van der Waals surface area (Å²) in [6.45, 7) is 2.24. The molecule has 0 aliphatic carbocycles. The van der Waals surface area contributed by atoms with E-state index in [-0.39, 0.29) is 65.1 Å². The predicted octanol–water partition coefficient (Wildman–Crippen LogP) is 9.33. The number of hydrogen-bond acceptors (Lipinski definition) is 5. The lowest BCUT2D eigenvalue weighted by Gasteiger charge is -2.11. The number of halogens is 6. The molecular weight excluding hydrogens is 614 g/mol. The molecule has 0 heterocycles. The van der Waals surface area contributed by atoms with Crippen LogP contribution in [-0.4, -0.2) is 30.7 Å². The summed E-state index contributed by atoms with van der Waals surface area (Å²) in [4.78, 5) is 12.2. The van der Waals surface area contributed by atoms with E-state index in [1.54, 1.807) is 6.92 Å². The maximum Gasteiger partial charge on any atom is 0.201 e. The van der Waals surface area contributed by atoms with Gasteiger partial charge in [0.2, 0.25) is 11.6 Å². The molecule has 0 amide bonds. The molecule has 244 valence electrons. The summed E-state index contributed by atoms with van der Waals surface area (Å²) in [7, 11) is 0. The summed E-state index contributed by atoms with van der Waals surface area (Å²) >= 11 is 0. The van der Waals surface area contributed by atoms with Crippen LogP contribution >= 0.6 is 0 Å². The number of carbonyl (C=O) groups is 1. The van der Waals surface area contributed by atoms with Crippen molar-refractivity contribution < 1.29 is 50.5 Å². The molecule has 0 fully saturated rings. The fourth-order valence-corrected chi connectivity index (χ4v) is 4.72. The van der Waals surface area contributed by atoms with Crippen molar-refractivity contribution in [2.45, 2.75) is 45.4 Å². The lowest BCUT2D eigenvalue weighted by atomic mass is 10.0. The molecule has 0 radical (unpaired) electrons. The first-order valence-electron chi connectivity index (χ1n) is 14.8. The van der Waals surface area contributed by atoms with Gasteiger partial charge in [0.25, 0.3) is 0 Å². The molecule has 0 aliphatic rings. The van der Waals surface area contributed by atoms with Gasteiger partial charge in [-0.1, -0.05) is 0 Å². The molecule has 46 heavy (non-hydrogen) atoms. The highest BCUT2D eigenvalue weighted by molar-refractivity contribution is 5.78. The van der Waals surface area contributed by atoms with Crippen LogP contribution in [0.15, 0.2) is 60.7 Å². The number of hydrogen-bond donors (Lipinski definition) is 1. The summed E-state index contributed by atoms with van der Waals surface area (Å²) < 4.78 is 102. The molecule has 4 rings (SSSR count). The van der Waals surface area contributed by atoms with Gasteiger partial charge < -0.3 is 19.3 Å². The van der Waals surface area contributed by atoms with Gasteiger partial charge in [-0.05, 0) is 81.1 Å². The molecule has 0 bridgehead atoms. The Morgan fingerprint density at radius 1 is 0.587 bits per heavy atom. The first kappa shape index (κ1) is 34.2. The van der Waals surface area contributed by atoms with Crippen molar-refractivity contribution in [1.29, 1.82) is 0 Å². The fourth-order valence-electron chi connectivity index (χ4n) is 4.72. The number of ketones is 1. The number of carbonyl (C=O) groups excluding carboxylic acids is 1. The van der Waals surface area contributed by atoms with Crippen LogP contribution in [0.2, 0.25) is 0 Å². The Balaban J connectivity index is 1.12. The van der Waals surface area contributed by atoms with Gasteiger partial charge >= 0.3 is 0 Å². The van der Waals surface area contributed by atoms with Crippen molar-refractivity contribution in [3.8, 4) is 45.3 Å². The van der Waals surface area contributed by atoms with Gasteiger partial charge in [-0.25, -0.2) is 17.6 Å². The molecule has 5 nitrogen and oxygen atoms in total. The Morgan fingerprint density at radius 2 is 1.07 bits per heavy atom. The van der Waals surface area contributed by atoms with E-state index in [4.69, 9.17) is 14.2 Å². The van der Waals surface area contributed by atoms with Gasteiger partial charge in [0.05, 0.1) is 19.8 Å². The maximum atomic E-state index is 14.7. The molecule has 0 saturated carbocycles. The van der Waals surface area contributed by atoms with Crippen LogP contribution in [0.5, 0.6) is 23.0 Å². The quantitative estimate of drug-likeness (QED) is 0.0971. The second kappa shape index (κ2) is 16.1. The van der Waals surface area contributed by atoms with Crippen molar-refractivity contribution in [3.63, 3.8) is 0 Å². The zero-order chi connectivity index (χ0) is 33.2. The number of aromatic hydroxyl groups is 1. The Labute approximate surface area is 262 Å². The van der Waals surface area contributed by atoms with Gasteiger partial charge in [-0.2, -0.15) is 8.78 Å². The van der Waals surface area contributed by atoms with Crippen LogP contribution in [0.1, 0.15) is 45.4 Å². The van der Waals surface area contributed by atoms with Gasteiger partial charge in [-0.15, -0.1) is 0 Å². The monoisotopic (exact) mass is 646 g/mol. The minimum atomic E-state index is -1.46. The SMILES string of the molecule is CCOc1ccc(-c2ccc(OCCCCC(=O)CCCCOc3ccc(-c4ccc(O)c(F)c4F)c(F)c3)cc2F)c(F)c1F. The standard InChI is InChI=1S/C35H32F6O5/c1-2-44-31-16-14-27(33(39)35(31)41)25-12-10-23(20-29(25)37)46-18-6-4-8-21(42)7-3-5-17-45-22-9-11-24(28(36)19-22)26-13-15-30(43)34(40)32(26)38/h9-16,19-20,43H,2-8,17-18H2,1H3. The Bertz CT molecular complexity index is 1680. The molecule has 0 aliphatic heterocycles. The van der Waals surface area contributed by atoms with Crippen LogP contribution < -0.4 is 14.2 Å². The summed E-state index contributed by atoms with van der Waals surface area (Å²) in [5, 5.41) is 9.25. The number of ether oxygens (including phenoxy) is 3. The third kappa shape index (κ3) is 8.52. The number of phenols is 1. The minimum absolute atomic E-state index is 0.0542. The average molecular weight is 647 g/mol. The molecule has 0 spiro atoms. The molecule has 4 aromatic rings. The van der Waals surface area contributed by atoms with E-state index < -0.39 is 40.7 Å². The normalized spacial score (nSPS) is 11.0. The Hall–Kier alpha value is -4.67. The van der Waals surface area contributed by atoms with E-state index in [1.165, 1.54) is 36.4 Å². The second-order valence-corrected chi connectivity index (χ2v) is 10.4. The second-order valence-electron chi connectivity index (χ2n) is 10.4. The molecule has 0 saturated heterocycles. The third-order valence-electron chi connectivity index (χ3n) is 7.11. The number of unbranched alkanes of at least 4 members (excludes halogenated alkanes) is 2. The van der Waals surface area contributed by atoms with Crippen LogP contribution in [0.25, 0.3) is 22.3 Å². The molecule has 0 atom stereocenters. The first-order chi connectivity index (χ1) is 22.1. The van der Waals surface area contributed by atoms with Crippen molar-refractivity contribution in [2.24, 2.45) is 0 Å². The van der Waals surface area contributed by atoms with E-state index in [1.807, 2.05) is 0 Å². The maximum absolute atomic E-state index is 14.7. The van der Waals surface area contributed by atoms with E-state index in [0.717, 1.165) is 24.3 Å². The van der Waals surface area contributed by atoms with E-state index in [0.29, 0.717) is 38.5 Å². The summed E-state index contributed by atoms with van der Waals surface area (Å²) in [6.07, 6.45) is 2.85. The zero-order valence-corrected chi connectivity index (χ0v) is 25.0. The predicted molar refractivity (Wildman–Crippen MR) is 160 cm³/mol. The topological polar surface area (TPSA) is 65.0 Å². The highest BCUT2D eigenvalue weighted by atomic mass is 19.2. The van der Waals surface area contributed by atoms with Crippen molar-refractivity contribution in [3.05, 3.63) is 95.6 Å². The summed E-state index contributed by atoms with van der Waals surface area (Å²) in [5.74, 6) is -7.46. The number of Topliss-reactive ketones (excluding diaryl/α,β-unsaturated/α-hetero) is 1. The Kier molecular flexibility index (Phi) is 11.9. The summed E-state index contributed by atoms with van der Waals surface area (Å²) in [6, 6.07) is 12.1. The number of rotatable bonds is 16. The largest absolute Gasteiger partial charge is 0.505 e. The fraction of sp³-hybridized carbons (Fsp3) is 0.286. The van der Waals surface area contributed by atoms with E-state index >= 15 is 0 Å². The smallest absolute Gasteiger partial charge is 0.201 e. The summed E-state index contributed by atoms with van der Waals surface area (Å²) in [5.41, 5.74) is -0.863. The van der Waals surface area contributed by atoms with Crippen molar-refractivity contribution >= 4 is 5.78 Å². The number of phenolic OH excluding ortho intramolecular Hbond substituents is 1. The zero-order valence-electron chi connectivity index (χ0n) is 25.0. The van der Waals surface area contributed by atoms with E-state index in [2.05, 4.69) is 0 Å². The van der Waals surface area contributed by atoms with Crippen LogP contribution in [0.4, 0.5) is 26.3 Å². The van der Waals surface area contributed by atoms with Gasteiger partial charge in [0.15, 0.2) is 23.1 Å². The molecule has 0 unspecified atom stereocenters. The molecule has 4 aromatic carbocycles. The molecule has 1 N–H and O–H groups in total. The minimum Gasteiger partial charge on any atom is -0.505 e. The van der Waals surface area contributed by atoms with Crippen molar-refractivity contribution in [1.82, 2.24) is 0 Å². The molecule has 0 aromatic heterocycles. The van der Waals surface area contributed by atoms with E-state index in [9.17, 15) is 36.2 Å². The lowest BCUT2D eigenvalue weighted by molar-refractivity contribution is -0.119.